The molecule has 2 heterocycles. The van der Waals surface area contributed by atoms with Crippen LogP contribution in [-0.4, -0.2) is 31.4 Å². The molecule has 0 amide bonds. The Morgan fingerprint density at radius 1 is 1.21 bits per heavy atom. The second-order valence-electron chi connectivity index (χ2n) is 8.27. The van der Waals surface area contributed by atoms with Crippen LogP contribution in [0, 0.1) is 11.8 Å². The number of esters is 2. The van der Waals surface area contributed by atoms with Gasteiger partial charge >= 0.3 is 11.9 Å². The number of hydrogen-bond acceptors (Lipinski definition) is 8. The van der Waals surface area contributed by atoms with E-state index in [1.807, 2.05) is 0 Å². The zero-order valence-electron chi connectivity index (χ0n) is 18.9. The fourth-order valence-corrected chi connectivity index (χ4v) is 4.76. The maximum absolute atomic E-state index is 13.7. The molecule has 3 atom stereocenters. The van der Waals surface area contributed by atoms with Crippen LogP contribution >= 0.6 is 0 Å². The Labute approximate surface area is 190 Å². The number of fused-ring (bicyclic) bond motifs is 1. The average molecular weight is 451 g/mol. The molecule has 8 nitrogen and oxygen atoms in total. The molecular formula is C25H25NO7. The lowest BCUT2D eigenvalue weighted by Gasteiger charge is -2.37. The van der Waals surface area contributed by atoms with Crippen LogP contribution in [0.1, 0.15) is 38.7 Å². The number of carbonyl (C=O) groups is 3. The van der Waals surface area contributed by atoms with Crippen LogP contribution in [0.5, 0.6) is 0 Å². The number of rotatable bonds is 4. The highest BCUT2D eigenvalue weighted by Gasteiger charge is 2.48. The van der Waals surface area contributed by atoms with E-state index in [-0.39, 0.29) is 34.7 Å². The summed E-state index contributed by atoms with van der Waals surface area (Å²) in [7, 11) is 1.23. The fraction of sp³-hybridized carbons (Fsp3) is 0.360. The van der Waals surface area contributed by atoms with Crippen LogP contribution in [-0.2, 0) is 23.9 Å². The molecule has 33 heavy (non-hydrogen) atoms. The van der Waals surface area contributed by atoms with Gasteiger partial charge in [0, 0.05) is 22.5 Å². The molecule has 0 radical (unpaired) electrons. The van der Waals surface area contributed by atoms with Crippen molar-refractivity contribution in [1.82, 2.24) is 5.32 Å². The number of methoxy groups -OCH3 is 1. The van der Waals surface area contributed by atoms with E-state index in [0.29, 0.717) is 28.8 Å². The number of allylic oxidation sites excluding steroid dienone is 3. The molecule has 1 aliphatic heterocycles. The van der Waals surface area contributed by atoms with Gasteiger partial charge in [-0.3, -0.25) is 14.4 Å². The van der Waals surface area contributed by atoms with Crippen molar-refractivity contribution in [2.45, 2.75) is 33.1 Å². The lowest BCUT2D eigenvalue weighted by atomic mass is 9.69. The summed E-state index contributed by atoms with van der Waals surface area (Å²) >= 11 is 0. The summed E-state index contributed by atoms with van der Waals surface area (Å²) in [6.07, 6.45) is 1.67. The van der Waals surface area contributed by atoms with Crippen molar-refractivity contribution in [2.75, 3.05) is 13.7 Å². The van der Waals surface area contributed by atoms with Gasteiger partial charge in [0.25, 0.3) is 0 Å². The molecular weight excluding hydrogens is 426 g/mol. The normalized spacial score (nSPS) is 22.7. The van der Waals surface area contributed by atoms with Crippen molar-refractivity contribution in [3.63, 3.8) is 0 Å². The largest absolute Gasteiger partial charge is 0.468 e. The third kappa shape index (κ3) is 3.65. The van der Waals surface area contributed by atoms with E-state index in [2.05, 4.69) is 5.32 Å². The summed E-state index contributed by atoms with van der Waals surface area (Å²) in [5.41, 5.74) is 1.58. The molecule has 1 aliphatic carbocycles. The molecule has 2 aliphatic rings. The van der Waals surface area contributed by atoms with Gasteiger partial charge in [0.2, 0.25) is 0 Å². The Morgan fingerprint density at radius 3 is 2.64 bits per heavy atom. The minimum Gasteiger partial charge on any atom is -0.468 e. The number of ketones is 1. The predicted octanol–water partition coefficient (Wildman–Crippen LogP) is 2.97. The molecule has 4 rings (SSSR count). The fourth-order valence-electron chi connectivity index (χ4n) is 4.76. The van der Waals surface area contributed by atoms with E-state index in [9.17, 15) is 19.2 Å². The zero-order chi connectivity index (χ0) is 23.9. The van der Waals surface area contributed by atoms with Gasteiger partial charge in [-0.05, 0) is 38.3 Å². The second-order valence-corrected chi connectivity index (χ2v) is 8.27. The number of Topliss-reactive ketones (excluding diaryl/α,β-unsaturated/α-hetero) is 1. The minimum absolute atomic E-state index is 0.121. The van der Waals surface area contributed by atoms with E-state index < -0.39 is 29.6 Å². The summed E-state index contributed by atoms with van der Waals surface area (Å²) in [5.74, 6) is -4.16. The third-order valence-electron chi connectivity index (χ3n) is 6.26. The van der Waals surface area contributed by atoms with Gasteiger partial charge in [0.1, 0.15) is 11.5 Å². The van der Waals surface area contributed by atoms with Crippen LogP contribution in [0.25, 0.3) is 11.0 Å². The molecule has 0 spiro atoms. The van der Waals surface area contributed by atoms with Crippen molar-refractivity contribution >= 4 is 28.7 Å². The molecule has 8 heteroatoms. The molecule has 0 saturated carbocycles. The summed E-state index contributed by atoms with van der Waals surface area (Å²) in [4.78, 5) is 52.6. The zero-order valence-corrected chi connectivity index (χ0v) is 18.9. The van der Waals surface area contributed by atoms with Crippen molar-refractivity contribution in [1.29, 1.82) is 0 Å². The summed E-state index contributed by atoms with van der Waals surface area (Å²) in [6.45, 7) is 5.29. The minimum atomic E-state index is -1.03. The highest BCUT2D eigenvalue weighted by molar-refractivity contribution is 6.12. The first-order chi connectivity index (χ1) is 15.8. The van der Waals surface area contributed by atoms with Crippen LogP contribution < -0.4 is 10.7 Å². The van der Waals surface area contributed by atoms with Gasteiger partial charge in [-0.15, -0.1) is 0 Å². The van der Waals surface area contributed by atoms with Crippen LogP contribution in [0.2, 0.25) is 0 Å². The summed E-state index contributed by atoms with van der Waals surface area (Å²) < 4.78 is 15.9. The van der Waals surface area contributed by atoms with Gasteiger partial charge in [0.05, 0.1) is 36.9 Å². The van der Waals surface area contributed by atoms with Gasteiger partial charge < -0.3 is 19.2 Å². The molecule has 172 valence electrons. The number of benzene rings is 1. The summed E-state index contributed by atoms with van der Waals surface area (Å²) in [5, 5.41) is 3.49. The first kappa shape index (κ1) is 22.5. The van der Waals surface area contributed by atoms with Crippen LogP contribution in [0.15, 0.2) is 62.3 Å². The monoisotopic (exact) mass is 451 g/mol. The summed E-state index contributed by atoms with van der Waals surface area (Å²) in [6, 6.07) is 6.76. The van der Waals surface area contributed by atoms with Crippen LogP contribution in [0.4, 0.5) is 0 Å². The van der Waals surface area contributed by atoms with Crippen molar-refractivity contribution in [3.05, 3.63) is 68.9 Å². The molecule has 0 bridgehead atoms. The number of carbonyl (C=O) groups excluding carboxylic acids is 3. The van der Waals surface area contributed by atoms with Gasteiger partial charge in [0.15, 0.2) is 11.2 Å². The highest BCUT2D eigenvalue weighted by atomic mass is 16.5. The van der Waals surface area contributed by atoms with Crippen LogP contribution in [0.3, 0.4) is 0 Å². The van der Waals surface area contributed by atoms with Gasteiger partial charge in [-0.2, -0.15) is 0 Å². The maximum atomic E-state index is 13.7. The molecule has 0 unspecified atom stereocenters. The Hall–Kier alpha value is -3.68. The lowest BCUT2D eigenvalue weighted by Crippen LogP contribution is -2.44. The van der Waals surface area contributed by atoms with E-state index in [0.717, 1.165) is 0 Å². The molecule has 2 aromatic rings. The molecule has 1 N–H and O–H groups in total. The number of nitrogens with one attached hydrogen (secondary N) is 1. The number of hydrogen-bond donors (Lipinski definition) is 1. The van der Waals surface area contributed by atoms with Crippen molar-refractivity contribution < 1.29 is 28.3 Å². The van der Waals surface area contributed by atoms with Gasteiger partial charge in [-0.1, -0.05) is 19.1 Å². The SMILES string of the molecule is CCOC(=O)C1=C(C)NC2=C(C(=O)[C@H](C(=O)OC)[C@H](C)C2)[C@@H]1c1coc2ccccc2c1=O. The number of dihydropyridines is 1. The quantitative estimate of drug-likeness (QED) is 0.558. The van der Waals surface area contributed by atoms with E-state index in [1.54, 1.807) is 45.0 Å². The second kappa shape index (κ2) is 8.69. The molecule has 1 aromatic heterocycles. The number of para-hydroxylation sites is 1. The Balaban J connectivity index is 1.98. The smallest absolute Gasteiger partial charge is 0.336 e. The van der Waals surface area contributed by atoms with E-state index >= 15 is 0 Å². The Morgan fingerprint density at radius 2 is 1.94 bits per heavy atom. The average Bonchev–Trinajstić information content (AvgIpc) is 2.78. The topological polar surface area (TPSA) is 112 Å². The van der Waals surface area contributed by atoms with E-state index in [4.69, 9.17) is 13.9 Å². The van der Waals surface area contributed by atoms with Gasteiger partial charge in [-0.25, -0.2) is 4.79 Å². The molecule has 1 aromatic carbocycles. The Bertz CT molecular complexity index is 1280. The first-order valence-corrected chi connectivity index (χ1v) is 10.8. The Kier molecular flexibility index (Phi) is 5.93. The van der Waals surface area contributed by atoms with Crippen molar-refractivity contribution in [3.8, 4) is 0 Å². The number of ether oxygens (including phenoxy) is 2. The standard InChI is InChI=1S/C25H25NO7/c1-5-32-25(30)19-13(3)26-16-10-12(2)18(24(29)31-4)23(28)21(16)20(19)15-11-33-17-9-7-6-8-14(17)22(15)27/h6-9,11-12,18,20,26H,5,10H2,1-4H3/t12-,18-,20-/m1/s1. The highest BCUT2D eigenvalue weighted by Crippen LogP contribution is 2.45. The van der Waals surface area contributed by atoms with E-state index in [1.165, 1.54) is 13.4 Å². The van der Waals surface area contributed by atoms with Crippen molar-refractivity contribution in [2.24, 2.45) is 11.8 Å². The molecule has 0 fully saturated rings. The lowest BCUT2D eigenvalue weighted by molar-refractivity contribution is -0.151. The first-order valence-electron chi connectivity index (χ1n) is 10.8. The predicted molar refractivity (Wildman–Crippen MR) is 119 cm³/mol. The molecule has 0 saturated heterocycles. The third-order valence-corrected chi connectivity index (χ3v) is 6.26. The maximum Gasteiger partial charge on any atom is 0.336 e.